The molecule has 13 heavy (non-hydrogen) atoms. The van der Waals surface area contributed by atoms with Crippen molar-refractivity contribution in [3.63, 3.8) is 0 Å². The van der Waals surface area contributed by atoms with Crippen molar-refractivity contribution < 1.29 is 14.3 Å². The second-order valence-corrected chi connectivity index (χ2v) is 3.51. The summed E-state index contributed by atoms with van der Waals surface area (Å²) in [5.41, 5.74) is -0.388. The predicted molar refractivity (Wildman–Crippen MR) is 47.6 cm³/mol. The third-order valence-electron chi connectivity index (χ3n) is 1.35. The first-order chi connectivity index (χ1) is 6.15. The number of rotatable bonds is 3. The van der Waals surface area contributed by atoms with E-state index >= 15 is 0 Å². The summed E-state index contributed by atoms with van der Waals surface area (Å²) in [6, 6.07) is 2.73. The van der Waals surface area contributed by atoms with E-state index in [1.807, 2.05) is 6.92 Å². The maximum absolute atomic E-state index is 12.9. The van der Waals surface area contributed by atoms with Crippen molar-refractivity contribution in [3.05, 3.63) is 23.6 Å². The molecular formula is C8H8FNO2S. The number of carboxylic acid groups (broad SMARTS) is 1. The van der Waals surface area contributed by atoms with Crippen molar-refractivity contribution in [2.45, 2.75) is 11.9 Å². The molecule has 1 rings (SSSR count). The van der Waals surface area contributed by atoms with E-state index in [4.69, 9.17) is 5.11 Å². The van der Waals surface area contributed by atoms with Crippen molar-refractivity contribution in [1.82, 2.24) is 4.98 Å². The summed E-state index contributed by atoms with van der Waals surface area (Å²) in [4.78, 5) is 13.9. The first-order valence-electron chi connectivity index (χ1n) is 3.67. The molecule has 0 aliphatic carbocycles. The van der Waals surface area contributed by atoms with Crippen LogP contribution in [0.2, 0.25) is 0 Å². The predicted octanol–water partition coefficient (Wildman–Crippen LogP) is 2.03. The summed E-state index contributed by atoms with van der Waals surface area (Å²) in [6.07, 6.45) is 0. The average Bonchev–Trinajstić information content (AvgIpc) is 2.04. The van der Waals surface area contributed by atoms with Crippen LogP contribution in [0.15, 0.2) is 17.2 Å². The van der Waals surface area contributed by atoms with Gasteiger partial charge in [-0.1, -0.05) is 6.92 Å². The molecule has 0 spiro atoms. The van der Waals surface area contributed by atoms with E-state index in [1.54, 1.807) is 0 Å². The van der Waals surface area contributed by atoms with Crippen LogP contribution in [-0.4, -0.2) is 21.8 Å². The second-order valence-electron chi connectivity index (χ2n) is 2.23. The summed E-state index contributed by atoms with van der Waals surface area (Å²) in [7, 11) is 0. The molecule has 5 heteroatoms. The zero-order valence-electron chi connectivity index (χ0n) is 6.95. The number of hydrogen-bond donors (Lipinski definition) is 1. The van der Waals surface area contributed by atoms with Crippen LogP contribution >= 0.6 is 11.8 Å². The molecular weight excluding hydrogens is 193 g/mol. The molecule has 3 nitrogen and oxygen atoms in total. The second kappa shape index (κ2) is 4.23. The first kappa shape index (κ1) is 9.98. The number of carbonyl (C=O) groups is 1. The van der Waals surface area contributed by atoms with Crippen molar-refractivity contribution in [2.24, 2.45) is 0 Å². The Bertz CT molecular complexity index is 330. The van der Waals surface area contributed by atoms with Gasteiger partial charge in [-0.2, -0.15) is 4.39 Å². The summed E-state index contributed by atoms with van der Waals surface area (Å²) >= 11 is 1.37. The van der Waals surface area contributed by atoms with E-state index < -0.39 is 11.9 Å². The number of aromatic carboxylic acids is 1. The van der Waals surface area contributed by atoms with Crippen LogP contribution in [0.5, 0.6) is 0 Å². The highest BCUT2D eigenvalue weighted by Crippen LogP contribution is 2.16. The van der Waals surface area contributed by atoms with Crippen molar-refractivity contribution in [2.75, 3.05) is 5.75 Å². The lowest BCUT2D eigenvalue weighted by Crippen LogP contribution is -2.02. The van der Waals surface area contributed by atoms with Gasteiger partial charge >= 0.3 is 5.97 Å². The van der Waals surface area contributed by atoms with Gasteiger partial charge in [-0.05, 0) is 17.9 Å². The van der Waals surface area contributed by atoms with Crippen molar-refractivity contribution >= 4 is 17.7 Å². The van der Waals surface area contributed by atoms with Crippen LogP contribution in [-0.2, 0) is 0 Å². The zero-order valence-corrected chi connectivity index (χ0v) is 7.77. The third-order valence-corrected chi connectivity index (χ3v) is 2.16. The Labute approximate surface area is 79.0 Å². The molecule has 1 heterocycles. The van der Waals surface area contributed by atoms with Gasteiger partial charge in [0.05, 0.1) is 5.03 Å². The fraction of sp³-hybridized carbons (Fsp3) is 0.250. The molecule has 1 N–H and O–H groups in total. The topological polar surface area (TPSA) is 50.2 Å². The van der Waals surface area contributed by atoms with Crippen LogP contribution in [0.25, 0.3) is 0 Å². The molecule has 0 amide bonds. The van der Waals surface area contributed by atoms with Crippen LogP contribution in [0.3, 0.4) is 0 Å². The maximum Gasteiger partial charge on any atom is 0.340 e. The number of halogens is 1. The number of hydrogen-bond acceptors (Lipinski definition) is 3. The van der Waals surface area contributed by atoms with Crippen LogP contribution in [0.1, 0.15) is 17.3 Å². The van der Waals surface area contributed by atoms with Gasteiger partial charge in [0, 0.05) is 0 Å². The van der Waals surface area contributed by atoms with E-state index in [-0.39, 0.29) is 5.56 Å². The SMILES string of the molecule is CCSc1ccc(C(=O)O)c(F)n1. The Balaban J connectivity index is 2.98. The highest BCUT2D eigenvalue weighted by atomic mass is 32.2. The lowest BCUT2D eigenvalue weighted by atomic mass is 10.3. The molecule has 1 aromatic heterocycles. The number of thioether (sulfide) groups is 1. The van der Waals surface area contributed by atoms with Gasteiger partial charge in [0.25, 0.3) is 0 Å². The zero-order chi connectivity index (χ0) is 9.84. The van der Waals surface area contributed by atoms with Gasteiger partial charge < -0.3 is 5.11 Å². The molecule has 0 unspecified atom stereocenters. The smallest absolute Gasteiger partial charge is 0.340 e. The van der Waals surface area contributed by atoms with Crippen molar-refractivity contribution in [3.8, 4) is 0 Å². The fourth-order valence-electron chi connectivity index (χ4n) is 0.805. The third kappa shape index (κ3) is 2.42. The van der Waals surface area contributed by atoms with Gasteiger partial charge in [-0.3, -0.25) is 0 Å². The molecule has 0 bridgehead atoms. The molecule has 0 saturated heterocycles. The monoisotopic (exact) mass is 201 g/mol. The minimum absolute atomic E-state index is 0.388. The number of aromatic nitrogens is 1. The Kier molecular flexibility index (Phi) is 3.25. The summed E-state index contributed by atoms with van der Waals surface area (Å²) in [5, 5.41) is 9.00. The first-order valence-corrected chi connectivity index (χ1v) is 4.66. The quantitative estimate of drug-likeness (QED) is 0.600. The Hall–Kier alpha value is -1.10. The highest BCUT2D eigenvalue weighted by Gasteiger charge is 2.11. The van der Waals surface area contributed by atoms with Gasteiger partial charge in [0.2, 0.25) is 5.95 Å². The Morgan fingerprint density at radius 1 is 1.69 bits per heavy atom. The lowest BCUT2D eigenvalue weighted by Gasteiger charge is -1.99. The maximum atomic E-state index is 12.9. The fourth-order valence-corrected chi connectivity index (χ4v) is 1.41. The summed E-state index contributed by atoms with van der Waals surface area (Å²) in [5.74, 6) is -1.44. The van der Waals surface area contributed by atoms with Gasteiger partial charge in [-0.15, -0.1) is 11.8 Å². The molecule has 0 aromatic carbocycles. The van der Waals surface area contributed by atoms with E-state index in [9.17, 15) is 9.18 Å². The lowest BCUT2D eigenvalue weighted by molar-refractivity contribution is 0.0690. The van der Waals surface area contributed by atoms with E-state index in [2.05, 4.69) is 4.98 Å². The molecule has 0 atom stereocenters. The highest BCUT2D eigenvalue weighted by molar-refractivity contribution is 7.99. The van der Waals surface area contributed by atoms with Crippen LogP contribution in [0.4, 0.5) is 4.39 Å². The number of pyridine rings is 1. The van der Waals surface area contributed by atoms with E-state index in [0.717, 1.165) is 5.75 Å². The molecule has 1 aromatic rings. The molecule has 70 valence electrons. The molecule has 0 aliphatic heterocycles. The molecule has 0 radical (unpaired) electrons. The summed E-state index contributed by atoms with van der Waals surface area (Å²) < 4.78 is 12.9. The van der Waals surface area contributed by atoms with Crippen molar-refractivity contribution in [1.29, 1.82) is 0 Å². The van der Waals surface area contributed by atoms with Gasteiger partial charge in [0.15, 0.2) is 0 Å². The Morgan fingerprint density at radius 2 is 2.38 bits per heavy atom. The number of carboxylic acids is 1. The molecule has 0 fully saturated rings. The van der Waals surface area contributed by atoms with Gasteiger partial charge in [-0.25, -0.2) is 9.78 Å². The molecule has 0 saturated carbocycles. The Morgan fingerprint density at radius 3 is 2.85 bits per heavy atom. The summed E-state index contributed by atoms with van der Waals surface area (Å²) in [6.45, 7) is 1.91. The van der Waals surface area contributed by atoms with E-state index in [0.29, 0.717) is 5.03 Å². The number of nitrogens with zero attached hydrogens (tertiary/aromatic N) is 1. The van der Waals surface area contributed by atoms with Crippen LogP contribution in [0, 0.1) is 5.95 Å². The van der Waals surface area contributed by atoms with Gasteiger partial charge in [0.1, 0.15) is 5.56 Å². The standard InChI is InChI=1S/C8H8FNO2S/c1-2-13-6-4-3-5(8(11)12)7(9)10-6/h3-4H,2H2,1H3,(H,11,12). The average molecular weight is 201 g/mol. The van der Waals surface area contributed by atoms with E-state index in [1.165, 1.54) is 23.9 Å². The minimum atomic E-state index is -1.29. The normalized spacial score (nSPS) is 10.0. The van der Waals surface area contributed by atoms with Crippen LogP contribution < -0.4 is 0 Å². The molecule has 0 aliphatic rings. The minimum Gasteiger partial charge on any atom is -0.478 e. The largest absolute Gasteiger partial charge is 0.478 e.